The Bertz CT molecular complexity index is 1100. The smallest absolute Gasteiger partial charge is 0.258 e. The molecule has 1 amide bonds. The highest BCUT2D eigenvalue weighted by molar-refractivity contribution is 7.80. The van der Waals surface area contributed by atoms with E-state index in [0.29, 0.717) is 15.2 Å². The summed E-state index contributed by atoms with van der Waals surface area (Å²) >= 11 is 17.7. The summed E-state index contributed by atoms with van der Waals surface area (Å²) in [4.78, 5) is 17.5. The van der Waals surface area contributed by atoms with Gasteiger partial charge >= 0.3 is 0 Å². The average Bonchev–Trinajstić information content (AvgIpc) is 3.11. The maximum Gasteiger partial charge on any atom is 0.258 e. The highest BCUT2D eigenvalue weighted by Gasteiger charge is 2.24. The van der Waals surface area contributed by atoms with Crippen molar-refractivity contribution in [3.05, 3.63) is 58.3 Å². The van der Waals surface area contributed by atoms with E-state index in [1.807, 2.05) is 34.9 Å². The number of aromatic nitrogens is 2. The SMILES string of the molecule is O=C(Cn1c(C2CCNCC2)nc2cc(Cl)c(Cl)cc21)NNC(=S)Nc1ccccc1. The summed E-state index contributed by atoms with van der Waals surface area (Å²) < 4.78 is 1.91. The number of hydrazine groups is 1. The van der Waals surface area contributed by atoms with Crippen LogP contribution in [0.4, 0.5) is 5.69 Å². The monoisotopic (exact) mass is 476 g/mol. The second-order valence-electron chi connectivity index (χ2n) is 7.33. The minimum atomic E-state index is -0.252. The van der Waals surface area contributed by atoms with Crippen molar-refractivity contribution in [2.75, 3.05) is 18.4 Å². The molecule has 0 unspecified atom stereocenters. The summed E-state index contributed by atoms with van der Waals surface area (Å²) in [6, 6.07) is 13.0. The van der Waals surface area contributed by atoms with E-state index in [-0.39, 0.29) is 18.4 Å². The van der Waals surface area contributed by atoms with Crippen LogP contribution in [0.2, 0.25) is 10.0 Å². The topological polar surface area (TPSA) is 83.0 Å². The number of imidazole rings is 1. The highest BCUT2D eigenvalue weighted by atomic mass is 35.5. The first-order chi connectivity index (χ1) is 15.0. The summed E-state index contributed by atoms with van der Waals surface area (Å²) in [6.07, 6.45) is 1.91. The molecule has 0 bridgehead atoms. The summed E-state index contributed by atoms with van der Waals surface area (Å²) in [5, 5.41) is 7.54. The van der Waals surface area contributed by atoms with Gasteiger partial charge in [-0.25, -0.2) is 4.98 Å². The first-order valence-corrected chi connectivity index (χ1v) is 11.1. The third-order valence-corrected chi connectivity index (χ3v) is 6.10. The van der Waals surface area contributed by atoms with Crippen molar-refractivity contribution in [1.82, 2.24) is 25.7 Å². The molecule has 162 valence electrons. The van der Waals surface area contributed by atoms with E-state index in [0.717, 1.165) is 48.5 Å². The zero-order valence-electron chi connectivity index (χ0n) is 16.6. The third kappa shape index (κ3) is 5.27. The van der Waals surface area contributed by atoms with Gasteiger partial charge < -0.3 is 15.2 Å². The number of anilines is 1. The molecule has 1 saturated heterocycles. The molecule has 7 nitrogen and oxygen atoms in total. The van der Waals surface area contributed by atoms with Crippen molar-refractivity contribution in [1.29, 1.82) is 0 Å². The molecule has 4 rings (SSSR count). The number of halogens is 2. The van der Waals surface area contributed by atoms with Crippen LogP contribution < -0.4 is 21.5 Å². The molecule has 0 radical (unpaired) electrons. The molecule has 0 aliphatic carbocycles. The fourth-order valence-corrected chi connectivity index (χ4v) is 4.17. The lowest BCUT2D eigenvalue weighted by molar-refractivity contribution is -0.122. The summed E-state index contributed by atoms with van der Waals surface area (Å²) in [5.74, 6) is 0.875. The second-order valence-corrected chi connectivity index (χ2v) is 8.55. The number of rotatable bonds is 4. The molecule has 0 saturated carbocycles. The van der Waals surface area contributed by atoms with Crippen LogP contribution in [-0.2, 0) is 11.3 Å². The molecule has 1 aliphatic rings. The molecule has 2 aromatic carbocycles. The van der Waals surface area contributed by atoms with Crippen LogP contribution in [0.1, 0.15) is 24.6 Å². The first-order valence-electron chi connectivity index (χ1n) is 9.98. The number of carbonyl (C=O) groups is 1. The number of piperidine rings is 1. The van der Waals surface area contributed by atoms with Gasteiger partial charge in [0.2, 0.25) is 0 Å². The Morgan fingerprint density at radius 2 is 1.84 bits per heavy atom. The first kappa shape index (κ1) is 21.8. The third-order valence-electron chi connectivity index (χ3n) is 5.17. The number of benzene rings is 2. The molecular weight excluding hydrogens is 455 g/mol. The lowest BCUT2D eigenvalue weighted by Crippen LogP contribution is -2.45. The molecule has 1 fully saturated rings. The maximum atomic E-state index is 12.7. The Morgan fingerprint density at radius 1 is 1.13 bits per heavy atom. The van der Waals surface area contributed by atoms with Gasteiger partial charge in [0.25, 0.3) is 5.91 Å². The molecule has 4 N–H and O–H groups in total. The number of fused-ring (bicyclic) bond motifs is 1. The van der Waals surface area contributed by atoms with Crippen molar-refractivity contribution < 1.29 is 4.79 Å². The van der Waals surface area contributed by atoms with E-state index in [4.69, 9.17) is 40.4 Å². The van der Waals surface area contributed by atoms with Gasteiger partial charge in [0.05, 0.1) is 21.1 Å². The zero-order valence-corrected chi connectivity index (χ0v) is 18.9. The Kier molecular flexibility index (Phi) is 6.92. The second kappa shape index (κ2) is 9.82. The predicted molar refractivity (Wildman–Crippen MR) is 129 cm³/mol. The molecule has 2 heterocycles. The van der Waals surface area contributed by atoms with Gasteiger partial charge in [0, 0.05) is 11.6 Å². The van der Waals surface area contributed by atoms with Gasteiger partial charge in [-0.15, -0.1) is 0 Å². The molecule has 3 aromatic rings. The van der Waals surface area contributed by atoms with Crippen molar-refractivity contribution in [2.45, 2.75) is 25.3 Å². The maximum absolute atomic E-state index is 12.7. The van der Waals surface area contributed by atoms with Gasteiger partial charge in [-0.2, -0.15) is 0 Å². The number of para-hydroxylation sites is 1. The average molecular weight is 477 g/mol. The van der Waals surface area contributed by atoms with Crippen LogP contribution in [0, 0.1) is 0 Å². The Morgan fingerprint density at radius 3 is 2.58 bits per heavy atom. The van der Waals surface area contributed by atoms with Crippen molar-refractivity contribution in [3.63, 3.8) is 0 Å². The normalized spacial score (nSPS) is 14.4. The van der Waals surface area contributed by atoms with Crippen LogP contribution >= 0.6 is 35.4 Å². The fourth-order valence-electron chi connectivity index (χ4n) is 3.69. The summed E-state index contributed by atoms with van der Waals surface area (Å²) in [6.45, 7) is 1.92. The van der Waals surface area contributed by atoms with Crippen molar-refractivity contribution in [3.8, 4) is 0 Å². The van der Waals surface area contributed by atoms with Crippen LogP contribution in [-0.4, -0.2) is 33.7 Å². The zero-order chi connectivity index (χ0) is 21.8. The van der Waals surface area contributed by atoms with Gasteiger partial charge in [-0.3, -0.25) is 15.6 Å². The highest BCUT2D eigenvalue weighted by Crippen LogP contribution is 2.32. The van der Waals surface area contributed by atoms with E-state index in [2.05, 4.69) is 21.5 Å². The number of carbonyl (C=O) groups excluding carboxylic acids is 1. The van der Waals surface area contributed by atoms with E-state index in [9.17, 15) is 4.79 Å². The number of thiocarbonyl (C=S) groups is 1. The lowest BCUT2D eigenvalue weighted by atomic mass is 9.97. The quantitative estimate of drug-likeness (QED) is 0.338. The number of hydrogen-bond acceptors (Lipinski definition) is 4. The van der Waals surface area contributed by atoms with E-state index in [1.165, 1.54) is 0 Å². The standard InChI is InChI=1S/C21H22Cl2N6OS/c22-15-10-17-18(11-16(15)23)29(20(26-17)13-6-8-24-9-7-13)12-19(30)27-28-21(31)25-14-4-2-1-3-5-14/h1-5,10-11,13,24H,6-9,12H2,(H,27,30)(H2,25,28,31). The molecule has 0 spiro atoms. The lowest BCUT2D eigenvalue weighted by Gasteiger charge is -2.23. The van der Waals surface area contributed by atoms with E-state index < -0.39 is 0 Å². The Labute approximate surface area is 195 Å². The van der Waals surface area contributed by atoms with E-state index in [1.54, 1.807) is 12.1 Å². The fraction of sp³-hybridized carbons (Fsp3) is 0.286. The number of nitrogens with one attached hydrogen (secondary N) is 4. The number of nitrogens with zero attached hydrogens (tertiary/aromatic N) is 2. The molecule has 0 atom stereocenters. The molecule has 31 heavy (non-hydrogen) atoms. The van der Waals surface area contributed by atoms with Gasteiger partial charge in [-0.1, -0.05) is 41.4 Å². The number of hydrogen-bond donors (Lipinski definition) is 4. The molecule has 1 aliphatic heterocycles. The predicted octanol–water partition coefficient (Wildman–Crippen LogP) is 3.83. The van der Waals surface area contributed by atoms with Gasteiger partial charge in [0.1, 0.15) is 12.4 Å². The number of amides is 1. The largest absolute Gasteiger partial charge is 0.331 e. The summed E-state index contributed by atoms with van der Waals surface area (Å²) in [7, 11) is 0. The van der Waals surface area contributed by atoms with Gasteiger partial charge in [-0.05, 0) is 62.4 Å². The summed E-state index contributed by atoms with van der Waals surface area (Å²) in [5.41, 5.74) is 7.73. The van der Waals surface area contributed by atoms with Gasteiger partial charge in [0.15, 0.2) is 5.11 Å². The minimum absolute atomic E-state index is 0.0780. The molecular formula is C21H22Cl2N6OS. The minimum Gasteiger partial charge on any atom is -0.331 e. The van der Waals surface area contributed by atoms with Crippen molar-refractivity contribution >= 4 is 63.2 Å². The molecule has 10 heteroatoms. The Balaban J connectivity index is 1.50. The Hall–Kier alpha value is -2.39. The van der Waals surface area contributed by atoms with Crippen LogP contribution in [0.5, 0.6) is 0 Å². The van der Waals surface area contributed by atoms with Crippen molar-refractivity contribution in [2.24, 2.45) is 0 Å². The molecule has 1 aromatic heterocycles. The van der Waals surface area contributed by atoms with Crippen LogP contribution in [0.3, 0.4) is 0 Å². The van der Waals surface area contributed by atoms with E-state index >= 15 is 0 Å². The van der Waals surface area contributed by atoms with Crippen LogP contribution in [0.15, 0.2) is 42.5 Å². The van der Waals surface area contributed by atoms with Crippen LogP contribution in [0.25, 0.3) is 11.0 Å².